The average Bonchev–Trinajstić information content (AvgIpc) is 3.33. The van der Waals surface area contributed by atoms with Gasteiger partial charge in [-0.15, -0.1) is 11.3 Å². The Kier molecular flexibility index (Phi) is 4.40. The van der Waals surface area contributed by atoms with Crippen molar-refractivity contribution in [3.05, 3.63) is 65.2 Å². The summed E-state index contributed by atoms with van der Waals surface area (Å²) in [5.74, 6) is -0.461. The van der Waals surface area contributed by atoms with Crippen LogP contribution in [0.5, 0.6) is 0 Å². The zero-order chi connectivity index (χ0) is 18.8. The Morgan fingerprint density at radius 1 is 1.26 bits per heavy atom. The summed E-state index contributed by atoms with van der Waals surface area (Å²) < 4.78 is 6.68. The maximum atomic E-state index is 11.9. The molecule has 0 aliphatic rings. The van der Waals surface area contributed by atoms with Crippen molar-refractivity contribution in [2.45, 2.75) is 6.92 Å². The second kappa shape index (κ2) is 7.02. The summed E-state index contributed by atoms with van der Waals surface area (Å²) in [5.41, 5.74) is 3.30. The lowest BCUT2D eigenvalue weighted by Gasteiger charge is -1.99. The topological polar surface area (TPSA) is 80.8 Å². The summed E-state index contributed by atoms with van der Waals surface area (Å²) in [6.07, 6.45) is 0. The molecule has 132 valence electrons. The van der Waals surface area contributed by atoms with E-state index in [0.717, 1.165) is 22.2 Å². The number of esters is 1. The molecule has 0 saturated carbocycles. The predicted octanol–water partition coefficient (Wildman–Crippen LogP) is 4.20. The van der Waals surface area contributed by atoms with Gasteiger partial charge in [-0.2, -0.15) is 10.4 Å². The Bertz CT molecular complexity index is 1170. The van der Waals surface area contributed by atoms with Crippen LogP contribution in [-0.2, 0) is 4.74 Å². The molecule has 27 heavy (non-hydrogen) atoms. The summed E-state index contributed by atoms with van der Waals surface area (Å²) in [7, 11) is 0. The second-order valence-electron chi connectivity index (χ2n) is 5.71. The normalized spacial score (nSPS) is 10.7. The van der Waals surface area contributed by atoms with Crippen molar-refractivity contribution in [3.8, 4) is 22.5 Å². The molecule has 7 heteroatoms. The highest BCUT2D eigenvalue weighted by molar-refractivity contribution is 7.12. The third-order valence-corrected chi connectivity index (χ3v) is 4.83. The minimum atomic E-state index is -0.461. The Morgan fingerprint density at radius 3 is 2.81 bits per heavy atom. The van der Waals surface area contributed by atoms with Crippen molar-refractivity contribution < 1.29 is 9.53 Å². The average molecular weight is 374 g/mol. The number of carbonyl (C=O) groups excluding carboxylic acids is 1. The predicted molar refractivity (Wildman–Crippen MR) is 103 cm³/mol. The zero-order valence-electron chi connectivity index (χ0n) is 14.4. The molecule has 2 aromatic heterocycles. The fourth-order valence-corrected chi connectivity index (χ4v) is 3.56. The zero-order valence-corrected chi connectivity index (χ0v) is 15.2. The SMILES string of the molecule is CCOC(=O)c1csc(-n2nc(-c3ccccc3)c3ccc(C#N)cc32)n1. The second-order valence-corrected chi connectivity index (χ2v) is 6.54. The Balaban J connectivity index is 1.90. The van der Waals surface area contributed by atoms with Crippen molar-refractivity contribution >= 4 is 28.2 Å². The van der Waals surface area contributed by atoms with Gasteiger partial charge in [0.2, 0.25) is 5.13 Å². The summed E-state index contributed by atoms with van der Waals surface area (Å²) in [4.78, 5) is 16.3. The number of nitrogens with zero attached hydrogens (tertiary/aromatic N) is 4. The Hall–Kier alpha value is -3.50. The summed E-state index contributed by atoms with van der Waals surface area (Å²) >= 11 is 1.30. The first-order chi connectivity index (χ1) is 13.2. The van der Waals surface area contributed by atoms with E-state index in [1.165, 1.54) is 11.3 Å². The summed E-state index contributed by atoms with van der Waals surface area (Å²) in [6, 6.07) is 17.4. The fraction of sp³-hybridized carbons (Fsp3) is 0.100. The van der Waals surface area contributed by atoms with E-state index in [1.807, 2.05) is 36.4 Å². The first-order valence-electron chi connectivity index (χ1n) is 8.32. The van der Waals surface area contributed by atoms with Crippen molar-refractivity contribution in [1.82, 2.24) is 14.8 Å². The van der Waals surface area contributed by atoms with Crippen LogP contribution in [0.3, 0.4) is 0 Å². The van der Waals surface area contributed by atoms with E-state index in [0.29, 0.717) is 17.3 Å². The third kappa shape index (κ3) is 3.07. The smallest absolute Gasteiger partial charge is 0.357 e. The van der Waals surface area contributed by atoms with E-state index < -0.39 is 5.97 Å². The van der Waals surface area contributed by atoms with Gasteiger partial charge < -0.3 is 4.74 Å². The van der Waals surface area contributed by atoms with Crippen LogP contribution in [0.4, 0.5) is 0 Å². The van der Waals surface area contributed by atoms with Gasteiger partial charge in [0, 0.05) is 16.3 Å². The molecule has 0 fully saturated rings. The van der Waals surface area contributed by atoms with Gasteiger partial charge in [-0.1, -0.05) is 30.3 Å². The maximum Gasteiger partial charge on any atom is 0.357 e. The largest absolute Gasteiger partial charge is 0.461 e. The van der Waals surface area contributed by atoms with Crippen molar-refractivity contribution in [2.24, 2.45) is 0 Å². The van der Waals surface area contributed by atoms with E-state index >= 15 is 0 Å². The highest BCUT2D eigenvalue weighted by Gasteiger charge is 2.18. The lowest BCUT2D eigenvalue weighted by atomic mass is 10.1. The molecule has 0 unspecified atom stereocenters. The summed E-state index contributed by atoms with van der Waals surface area (Å²) in [6.45, 7) is 2.04. The summed E-state index contributed by atoms with van der Waals surface area (Å²) in [5, 5.41) is 17.1. The highest BCUT2D eigenvalue weighted by Crippen LogP contribution is 2.31. The van der Waals surface area contributed by atoms with E-state index in [-0.39, 0.29) is 5.69 Å². The number of hydrogen-bond acceptors (Lipinski definition) is 6. The number of aromatic nitrogens is 3. The number of fused-ring (bicyclic) bond motifs is 1. The number of hydrogen-bond donors (Lipinski definition) is 0. The molecule has 0 spiro atoms. The molecule has 4 rings (SSSR count). The van der Waals surface area contributed by atoms with Crippen molar-refractivity contribution in [2.75, 3.05) is 6.61 Å². The number of carbonyl (C=O) groups is 1. The molecule has 0 aliphatic carbocycles. The number of thiazole rings is 1. The lowest BCUT2D eigenvalue weighted by molar-refractivity contribution is 0.0520. The number of rotatable bonds is 4. The van der Waals surface area contributed by atoms with Crippen LogP contribution in [0, 0.1) is 11.3 Å². The number of nitriles is 1. The van der Waals surface area contributed by atoms with Crippen LogP contribution in [-0.4, -0.2) is 27.3 Å². The molecule has 0 saturated heterocycles. The molecular formula is C20H14N4O2S. The molecule has 6 nitrogen and oxygen atoms in total. The van der Waals surface area contributed by atoms with Gasteiger partial charge in [-0.3, -0.25) is 0 Å². The van der Waals surface area contributed by atoms with Gasteiger partial charge in [0.1, 0.15) is 5.69 Å². The van der Waals surface area contributed by atoms with Gasteiger partial charge in [-0.25, -0.2) is 14.5 Å². The van der Waals surface area contributed by atoms with Crippen LogP contribution in [0.2, 0.25) is 0 Å². The minimum Gasteiger partial charge on any atom is -0.461 e. The third-order valence-electron chi connectivity index (χ3n) is 4.02. The Morgan fingerprint density at radius 2 is 2.07 bits per heavy atom. The maximum absolute atomic E-state index is 11.9. The number of ether oxygens (including phenoxy) is 1. The van der Waals surface area contributed by atoms with Crippen LogP contribution in [0.1, 0.15) is 23.0 Å². The molecule has 0 aliphatic heterocycles. The molecule has 2 heterocycles. The van der Waals surface area contributed by atoms with E-state index in [9.17, 15) is 10.1 Å². The van der Waals surface area contributed by atoms with Crippen molar-refractivity contribution in [1.29, 1.82) is 5.26 Å². The monoisotopic (exact) mass is 374 g/mol. The molecule has 0 amide bonds. The first-order valence-corrected chi connectivity index (χ1v) is 9.20. The van der Waals surface area contributed by atoms with Gasteiger partial charge in [0.15, 0.2) is 5.69 Å². The van der Waals surface area contributed by atoms with Crippen LogP contribution in [0.15, 0.2) is 53.9 Å². The van der Waals surface area contributed by atoms with Crippen molar-refractivity contribution in [3.63, 3.8) is 0 Å². The van der Waals surface area contributed by atoms with Gasteiger partial charge in [0.05, 0.1) is 23.8 Å². The Labute approximate surface area is 159 Å². The number of benzene rings is 2. The molecule has 0 atom stereocenters. The minimum absolute atomic E-state index is 0.248. The van der Waals surface area contributed by atoms with Gasteiger partial charge in [0.25, 0.3) is 0 Å². The van der Waals surface area contributed by atoms with E-state index in [1.54, 1.807) is 29.1 Å². The first kappa shape index (κ1) is 16.9. The molecule has 4 aromatic rings. The molecule has 0 N–H and O–H groups in total. The standard InChI is InChI=1S/C20H14N4O2S/c1-2-26-19(25)16-12-27-20(22-16)24-17-10-13(11-21)8-9-15(17)18(23-24)14-6-4-3-5-7-14/h3-10,12H,2H2,1H3. The van der Waals surface area contributed by atoms with E-state index in [2.05, 4.69) is 11.1 Å². The lowest BCUT2D eigenvalue weighted by Crippen LogP contribution is -2.05. The fourth-order valence-electron chi connectivity index (χ4n) is 2.80. The molecule has 2 aromatic carbocycles. The highest BCUT2D eigenvalue weighted by atomic mass is 32.1. The van der Waals surface area contributed by atoms with Crippen LogP contribution in [0.25, 0.3) is 27.3 Å². The molecular weight excluding hydrogens is 360 g/mol. The van der Waals surface area contributed by atoms with Gasteiger partial charge in [-0.05, 0) is 25.1 Å². The van der Waals surface area contributed by atoms with Crippen LogP contribution >= 0.6 is 11.3 Å². The van der Waals surface area contributed by atoms with Crippen LogP contribution < -0.4 is 0 Å². The van der Waals surface area contributed by atoms with Gasteiger partial charge >= 0.3 is 5.97 Å². The quantitative estimate of drug-likeness (QED) is 0.500. The van der Waals surface area contributed by atoms with E-state index in [4.69, 9.17) is 9.84 Å². The molecule has 0 bridgehead atoms. The molecule has 0 radical (unpaired) electrons.